The number of hydrogen-bond acceptors (Lipinski definition) is 2. The second kappa shape index (κ2) is 10.1. The molecule has 0 unspecified atom stereocenters. The molecule has 0 fully saturated rings. The van der Waals surface area contributed by atoms with E-state index in [1.165, 1.54) is 17.3 Å². The van der Waals surface area contributed by atoms with E-state index in [1.54, 1.807) is 6.08 Å². The molecule has 0 aliphatic heterocycles. The molecule has 0 aliphatic carbocycles. The molecule has 3 heteroatoms. The predicted molar refractivity (Wildman–Crippen MR) is 55.5 cm³/mol. The Morgan fingerprint density at radius 1 is 1.46 bits per heavy atom. The molecule has 0 amide bonds. The summed E-state index contributed by atoms with van der Waals surface area (Å²) in [5.41, 5.74) is 0. The SMILES string of the molecule is CCCC[Te]/C(=C\C#CCO)CO. The molecule has 0 bridgehead atoms. The molecule has 0 aromatic carbocycles. The summed E-state index contributed by atoms with van der Waals surface area (Å²) in [7, 11) is 0. The van der Waals surface area contributed by atoms with E-state index in [1.807, 2.05) is 0 Å². The summed E-state index contributed by atoms with van der Waals surface area (Å²) in [4.78, 5) is 0. The van der Waals surface area contributed by atoms with Gasteiger partial charge in [-0.05, 0) is 0 Å². The van der Waals surface area contributed by atoms with Gasteiger partial charge in [-0.2, -0.15) is 0 Å². The van der Waals surface area contributed by atoms with E-state index >= 15 is 0 Å². The van der Waals surface area contributed by atoms with Gasteiger partial charge in [0, 0.05) is 0 Å². The fraction of sp³-hybridized carbons (Fsp3) is 0.600. The molecule has 0 rings (SSSR count). The van der Waals surface area contributed by atoms with E-state index in [0.29, 0.717) is 0 Å². The third-order valence-corrected chi connectivity index (χ3v) is 4.53. The Kier molecular flexibility index (Phi) is 10.1. The van der Waals surface area contributed by atoms with Crippen molar-refractivity contribution >= 4 is 20.9 Å². The number of aliphatic hydroxyl groups is 2. The zero-order valence-corrected chi connectivity index (χ0v) is 10.2. The molecule has 0 aliphatic rings. The fourth-order valence-corrected chi connectivity index (χ4v) is 3.31. The Morgan fingerprint density at radius 3 is 2.77 bits per heavy atom. The zero-order valence-electron chi connectivity index (χ0n) is 7.92. The van der Waals surface area contributed by atoms with Crippen molar-refractivity contribution in [1.29, 1.82) is 0 Å². The first-order valence-electron chi connectivity index (χ1n) is 4.37. The van der Waals surface area contributed by atoms with Gasteiger partial charge < -0.3 is 0 Å². The fourth-order valence-electron chi connectivity index (χ4n) is 0.658. The zero-order chi connectivity index (χ0) is 9.94. The van der Waals surface area contributed by atoms with Gasteiger partial charge >= 0.3 is 90.1 Å². The summed E-state index contributed by atoms with van der Waals surface area (Å²) >= 11 is -0.210. The monoisotopic (exact) mass is 298 g/mol. The van der Waals surface area contributed by atoms with Gasteiger partial charge in [-0.1, -0.05) is 0 Å². The molecule has 0 saturated heterocycles. The van der Waals surface area contributed by atoms with Crippen molar-refractivity contribution < 1.29 is 10.2 Å². The van der Waals surface area contributed by atoms with Crippen LogP contribution in [0, 0.1) is 11.8 Å². The Balaban J connectivity index is 3.80. The van der Waals surface area contributed by atoms with E-state index in [2.05, 4.69) is 18.8 Å². The molecule has 0 saturated carbocycles. The van der Waals surface area contributed by atoms with Gasteiger partial charge in [0.1, 0.15) is 0 Å². The third kappa shape index (κ3) is 8.34. The van der Waals surface area contributed by atoms with E-state index in [0.717, 1.165) is 3.62 Å². The molecule has 2 nitrogen and oxygen atoms in total. The van der Waals surface area contributed by atoms with Crippen LogP contribution in [0.1, 0.15) is 19.8 Å². The summed E-state index contributed by atoms with van der Waals surface area (Å²) < 4.78 is 2.31. The van der Waals surface area contributed by atoms with Gasteiger partial charge in [-0.15, -0.1) is 0 Å². The molecule has 0 radical (unpaired) electrons. The summed E-state index contributed by atoms with van der Waals surface area (Å²) in [5, 5.41) is 17.4. The van der Waals surface area contributed by atoms with E-state index < -0.39 is 0 Å². The van der Waals surface area contributed by atoms with Crippen LogP contribution in [0.2, 0.25) is 4.47 Å². The van der Waals surface area contributed by atoms with Crippen molar-refractivity contribution in [3.05, 3.63) is 9.70 Å². The Labute approximate surface area is 90.1 Å². The van der Waals surface area contributed by atoms with Gasteiger partial charge in [-0.3, -0.25) is 0 Å². The molecule has 2 N–H and O–H groups in total. The maximum absolute atomic E-state index is 8.96. The number of hydrogen-bond donors (Lipinski definition) is 2. The average Bonchev–Trinajstić information content (AvgIpc) is 2.16. The topological polar surface area (TPSA) is 40.5 Å². The Bertz CT molecular complexity index is 201. The van der Waals surface area contributed by atoms with E-state index in [9.17, 15) is 0 Å². The van der Waals surface area contributed by atoms with Crippen LogP contribution in [-0.4, -0.2) is 44.3 Å². The van der Waals surface area contributed by atoms with Crippen LogP contribution in [0.4, 0.5) is 0 Å². The second-order valence-electron chi connectivity index (χ2n) is 2.45. The van der Waals surface area contributed by atoms with Crippen LogP contribution in [0.15, 0.2) is 9.70 Å². The first-order chi connectivity index (χ1) is 6.35. The second-order valence-corrected chi connectivity index (χ2v) is 5.94. The minimum atomic E-state index is -0.210. The molecular formula is C10H16O2Te. The number of unbranched alkanes of at least 4 members (excludes halogenated alkanes) is 1. The Morgan fingerprint density at radius 2 is 2.23 bits per heavy atom. The van der Waals surface area contributed by atoms with Gasteiger partial charge in [0.25, 0.3) is 0 Å². The van der Waals surface area contributed by atoms with E-state index in [-0.39, 0.29) is 34.1 Å². The molecule has 0 aromatic rings. The van der Waals surface area contributed by atoms with Crippen LogP contribution < -0.4 is 0 Å². The Hall–Kier alpha value is 0.00961. The minimum absolute atomic E-state index is 0.106. The van der Waals surface area contributed by atoms with Crippen molar-refractivity contribution in [3.63, 3.8) is 0 Å². The maximum atomic E-state index is 8.96. The number of rotatable bonds is 5. The van der Waals surface area contributed by atoms with Crippen molar-refractivity contribution in [1.82, 2.24) is 0 Å². The van der Waals surface area contributed by atoms with Crippen LogP contribution in [-0.2, 0) is 0 Å². The molecule has 0 heterocycles. The first kappa shape index (κ1) is 13.0. The summed E-state index contributed by atoms with van der Waals surface area (Å²) in [5.74, 6) is 5.27. The normalized spacial score (nSPS) is 10.8. The molecular weight excluding hydrogens is 280 g/mol. The summed E-state index contributed by atoms with van der Waals surface area (Å²) in [6.45, 7) is 2.19. The van der Waals surface area contributed by atoms with Crippen molar-refractivity contribution in [2.75, 3.05) is 13.2 Å². The van der Waals surface area contributed by atoms with Crippen LogP contribution in [0.5, 0.6) is 0 Å². The van der Waals surface area contributed by atoms with Gasteiger partial charge in [0.2, 0.25) is 0 Å². The number of allylic oxidation sites excluding steroid dienone is 1. The molecule has 0 spiro atoms. The predicted octanol–water partition coefficient (Wildman–Crippen LogP) is 0.781. The average molecular weight is 296 g/mol. The molecule has 0 aromatic heterocycles. The van der Waals surface area contributed by atoms with Crippen LogP contribution in [0.3, 0.4) is 0 Å². The summed E-state index contributed by atoms with van der Waals surface area (Å²) in [6.07, 6.45) is 4.22. The van der Waals surface area contributed by atoms with Crippen molar-refractivity contribution in [2.24, 2.45) is 0 Å². The van der Waals surface area contributed by atoms with Crippen LogP contribution in [0.25, 0.3) is 0 Å². The van der Waals surface area contributed by atoms with Crippen molar-refractivity contribution in [3.8, 4) is 11.8 Å². The quantitative estimate of drug-likeness (QED) is 0.447. The van der Waals surface area contributed by atoms with E-state index in [4.69, 9.17) is 10.2 Å². The number of aliphatic hydroxyl groups excluding tert-OH is 2. The molecule has 0 atom stereocenters. The third-order valence-electron chi connectivity index (χ3n) is 1.36. The van der Waals surface area contributed by atoms with Crippen molar-refractivity contribution in [2.45, 2.75) is 24.2 Å². The molecule has 13 heavy (non-hydrogen) atoms. The van der Waals surface area contributed by atoms with Gasteiger partial charge in [-0.25, -0.2) is 0 Å². The van der Waals surface area contributed by atoms with Gasteiger partial charge in [0.15, 0.2) is 0 Å². The van der Waals surface area contributed by atoms with Gasteiger partial charge in [0.05, 0.1) is 0 Å². The summed E-state index contributed by atoms with van der Waals surface area (Å²) in [6, 6.07) is 0. The van der Waals surface area contributed by atoms with Crippen LogP contribution >= 0.6 is 0 Å². The first-order valence-corrected chi connectivity index (χ1v) is 7.18. The standard InChI is InChI=1S/C10H16O2Te/c1-2-3-8-13-10(9-12)6-4-5-7-11/h6,11-12H,2-3,7-9H2,1H3/b10-6-. The molecule has 74 valence electrons.